The van der Waals surface area contributed by atoms with E-state index < -0.39 is 12.0 Å². The maximum Gasteiger partial charge on any atom is 0.326 e. The molecule has 0 saturated carbocycles. The lowest BCUT2D eigenvalue weighted by atomic mass is 10.1. The van der Waals surface area contributed by atoms with Crippen molar-refractivity contribution in [2.45, 2.75) is 181 Å². The van der Waals surface area contributed by atoms with Crippen molar-refractivity contribution in [3.05, 3.63) is 0 Å². The number of nitrogens with zero attached hydrogens (tertiary/aromatic N) is 1. The van der Waals surface area contributed by atoms with Crippen LogP contribution >= 0.6 is 0 Å². The summed E-state index contributed by atoms with van der Waals surface area (Å²) in [6.07, 6.45) is 25.4. The summed E-state index contributed by atoms with van der Waals surface area (Å²) >= 11 is 0. The van der Waals surface area contributed by atoms with Crippen LogP contribution in [0.4, 0.5) is 0 Å². The normalized spacial score (nSPS) is 11.9. The van der Waals surface area contributed by atoms with Gasteiger partial charge in [-0.1, -0.05) is 136 Å². The van der Waals surface area contributed by atoms with Gasteiger partial charge in [0, 0.05) is 25.9 Å². The first-order chi connectivity index (χ1) is 19.0. The molecule has 0 rings (SSSR count). The summed E-state index contributed by atoms with van der Waals surface area (Å²) in [5, 5.41) is 12.3. The van der Waals surface area contributed by atoms with E-state index in [0.29, 0.717) is 6.42 Å². The molecule has 0 saturated heterocycles. The van der Waals surface area contributed by atoms with E-state index in [0.717, 1.165) is 58.0 Å². The Morgan fingerprint density at radius 1 is 0.564 bits per heavy atom. The molecule has 1 atom stereocenters. The van der Waals surface area contributed by atoms with Gasteiger partial charge in [0.05, 0.1) is 0 Å². The van der Waals surface area contributed by atoms with Gasteiger partial charge in [-0.25, -0.2) is 4.79 Å². The number of carbonyl (C=O) groups is 3. The second kappa shape index (κ2) is 28.0. The first-order valence-electron chi connectivity index (χ1n) is 16.8. The Labute approximate surface area is 241 Å². The first-order valence-corrected chi connectivity index (χ1v) is 16.8. The molecule has 6 heteroatoms. The molecule has 0 bridgehead atoms. The summed E-state index contributed by atoms with van der Waals surface area (Å²) in [5.74, 6) is -1.24. The van der Waals surface area contributed by atoms with Crippen LogP contribution in [-0.4, -0.2) is 46.9 Å². The van der Waals surface area contributed by atoms with Crippen LogP contribution in [0.25, 0.3) is 0 Å². The number of carboxylic acids is 1. The quantitative estimate of drug-likeness (QED) is 0.0908. The minimum Gasteiger partial charge on any atom is -0.480 e. The molecule has 39 heavy (non-hydrogen) atoms. The highest BCUT2D eigenvalue weighted by molar-refractivity contribution is 5.84. The predicted molar refractivity (Wildman–Crippen MR) is 164 cm³/mol. The molecule has 0 heterocycles. The molecule has 0 spiro atoms. The molecular weight excluding hydrogens is 488 g/mol. The lowest BCUT2D eigenvalue weighted by Crippen LogP contribution is -2.42. The van der Waals surface area contributed by atoms with Crippen LogP contribution in [-0.2, 0) is 14.4 Å². The van der Waals surface area contributed by atoms with Gasteiger partial charge in [0.1, 0.15) is 6.04 Å². The Balaban J connectivity index is 4.46. The third-order valence-corrected chi connectivity index (χ3v) is 7.70. The number of unbranched alkanes of at least 4 members (excludes halogenated alkanes) is 18. The summed E-state index contributed by atoms with van der Waals surface area (Å²) in [7, 11) is 0. The van der Waals surface area contributed by atoms with E-state index in [9.17, 15) is 19.5 Å². The molecule has 0 aliphatic carbocycles. The molecule has 0 aromatic heterocycles. The van der Waals surface area contributed by atoms with E-state index in [1.165, 1.54) is 89.9 Å². The summed E-state index contributed by atoms with van der Waals surface area (Å²) in [4.78, 5) is 39.2. The van der Waals surface area contributed by atoms with E-state index in [1.807, 2.05) is 4.90 Å². The Bertz CT molecular complexity index is 580. The molecule has 0 aliphatic rings. The van der Waals surface area contributed by atoms with Crippen molar-refractivity contribution in [1.29, 1.82) is 0 Å². The highest BCUT2D eigenvalue weighted by Gasteiger charge is 2.22. The lowest BCUT2D eigenvalue weighted by molar-refractivity contribution is -0.142. The monoisotopic (exact) mass is 552 g/mol. The van der Waals surface area contributed by atoms with Crippen molar-refractivity contribution < 1.29 is 19.5 Å². The Hall–Kier alpha value is -1.59. The third-order valence-electron chi connectivity index (χ3n) is 7.70. The van der Waals surface area contributed by atoms with E-state index in [-0.39, 0.29) is 24.7 Å². The van der Waals surface area contributed by atoms with Crippen LogP contribution in [0.5, 0.6) is 0 Å². The van der Waals surface area contributed by atoms with Gasteiger partial charge < -0.3 is 15.3 Å². The summed E-state index contributed by atoms with van der Waals surface area (Å²) < 4.78 is 0. The van der Waals surface area contributed by atoms with Gasteiger partial charge in [-0.15, -0.1) is 0 Å². The molecule has 0 fully saturated rings. The average molecular weight is 553 g/mol. The first kappa shape index (κ1) is 37.4. The SMILES string of the molecule is CCCCCCCCCCCC(=O)N[C@@H](CCC(=O)N(CCCCCCCC)CCCCCCCC)C(=O)O. The number of hydrogen-bond acceptors (Lipinski definition) is 3. The second-order valence-corrected chi connectivity index (χ2v) is 11.5. The van der Waals surface area contributed by atoms with Crippen molar-refractivity contribution in [2.24, 2.45) is 0 Å². The summed E-state index contributed by atoms with van der Waals surface area (Å²) in [5.41, 5.74) is 0. The molecule has 2 N–H and O–H groups in total. The van der Waals surface area contributed by atoms with Crippen LogP contribution in [0.15, 0.2) is 0 Å². The van der Waals surface area contributed by atoms with Gasteiger partial charge in [0.2, 0.25) is 11.8 Å². The van der Waals surface area contributed by atoms with Crippen LogP contribution < -0.4 is 5.32 Å². The summed E-state index contributed by atoms with van der Waals surface area (Å²) in [6, 6.07) is -0.995. The zero-order valence-electron chi connectivity index (χ0n) is 26.1. The smallest absolute Gasteiger partial charge is 0.326 e. The molecule has 2 amide bonds. The van der Waals surface area contributed by atoms with Crippen LogP contribution in [0.3, 0.4) is 0 Å². The predicted octanol–water partition coefficient (Wildman–Crippen LogP) is 8.81. The van der Waals surface area contributed by atoms with Crippen LogP contribution in [0.2, 0.25) is 0 Å². The van der Waals surface area contributed by atoms with Crippen molar-refractivity contribution in [3.63, 3.8) is 0 Å². The Morgan fingerprint density at radius 3 is 1.36 bits per heavy atom. The van der Waals surface area contributed by atoms with Crippen molar-refractivity contribution >= 4 is 17.8 Å². The van der Waals surface area contributed by atoms with E-state index in [2.05, 4.69) is 26.1 Å². The fourth-order valence-corrected chi connectivity index (χ4v) is 5.07. The molecule has 0 aromatic rings. The largest absolute Gasteiger partial charge is 0.480 e. The highest BCUT2D eigenvalue weighted by atomic mass is 16.4. The van der Waals surface area contributed by atoms with Crippen molar-refractivity contribution in [1.82, 2.24) is 10.2 Å². The molecule has 0 aromatic carbocycles. The molecule has 230 valence electrons. The average Bonchev–Trinajstić information content (AvgIpc) is 2.92. The molecule has 0 unspecified atom stereocenters. The number of nitrogens with one attached hydrogen (secondary N) is 1. The van der Waals surface area contributed by atoms with Gasteiger partial charge in [0.25, 0.3) is 0 Å². The second-order valence-electron chi connectivity index (χ2n) is 11.5. The third kappa shape index (κ3) is 24.0. The maximum atomic E-state index is 13.1. The fraction of sp³-hybridized carbons (Fsp3) is 0.909. The minimum absolute atomic E-state index is 0.0246. The number of rotatable bonds is 29. The molecule has 6 nitrogen and oxygen atoms in total. The van der Waals surface area contributed by atoms with Gasteiger partial charge in [-0.2, -0.15) is 0 Å². The van der Waals surface area contributed by atoms with Gasteiger partial charge in [-0.05, 0) is 25.7 Å². The Kier molecular flexibility index (Phi) is 26.8. The van der Waals surface area contributed by atoms with Gasteiger partial charge in [0.15, 0.2) is 0 Å². The van der Waals surface area contributed by atoms with Crippen LogP contribution in [0.1, 0.15) is 175 Å². The number of carbonyl (C=O) groups excluding carboxylic acids is 2. The minimum atomic E-state index is -1.05. The number of amides is 2. The topological polar surface area (TPSA) is 86.7 Å². The Morgan fingerprint density at radius 2 is 0.949 bits per heavy atom. The lowest BCUT2D eigenvalue weighted by Gasteiger charge is -2.24. The van der Waals surface area contributed by atoms with Crippen LogP contribution in [0, 0.1) is 0 Å². The zero-order valence-corrected chi connectivity index (χ0v) is 26.1. The van der Waals surface area contributed by atoms with Crippen molar-refractivity contribution in [2.75, 3.05) is 13.1 Å². The standard InChI is InChI=1S/C33H64N2O4/c1-4-7-10-13-16-17-18-19-22-25-31(36)34-30(33(38)39)26-27-32(37)35(28-23-20-14-11-8-5-2)29-24-21-15-12-9-6-3/h30H,4-29H2,1-3H3,(H,34,36)(H,38,39)/t30-/m0/s1. The summed E-state index contributed by atoms with van der Waals surface area (Å²) in [6.45, 7) is 8.16. The number of hydrogen-bond donors (Lipinski definition) is 2. The van der Waals surface area contributed by atoms with Gasteiger partial charge >= 0.3 is 5.97 Å². The number of carboxylic acid groups (broad SMARTS) is 1. The van der Waals surface area contributed by atoms with Gasteiger partial charge in [-0.3, -0.25) is 9.59 Å². The van der Waals surface area contributed by atoms with E-state index in [4.69, 9.17) is 0 Å². The molecule has 0 aliphatic heterocycles. The fourth-order valence-electron chi connectivity index (χ4n) is 5.07. The molecule has 0 radical (unpaired) electrons. The maximum absolute atomic E-state index is 13.1. The molecular formula is C33H64N2O4. The van der Waals surface area contributed by atoms with E-state index in [1.54, 1.807) is 0 Å². The zero-order chi connectivity index (χ0) is 29.0. The number of aliphatic carboxylic acids is 1. The van der Waals surface area contributed by atoms with E-state index >= 15 is 0 Å². The van der Waals surface area contributed by atoms with Crippen molar-refractivity contribution in [3.8, 4) is 0 Å². The highest BCUT2D eigenvalue weighted by Crippen LogP contribution is 2.13.